The minimum atomic E-state index is -1.18. The highest BCUT2D eigenvalue weighted by Gasteiger charge is 2.18. The first-order valence-corrected chi connectivity index (χ1v) is 8.23. The van der Waals surface area contributed by atoms with Crippen LogP contribution in [0.15, 0.2) is 18.2 Å². The standard InChI is InChI=1S/C17H23F2N3O2/c1-12-5-3-9-22(11-12)10-4-8-20-16(23)17(24)21-14-7-2-6-13(18)15(14)19/h2,6-7,12H,3-5,8-11H2,1H3,(H,20,23)(H,21,24). The molecule has 7 heteroatoms. The van der Waals surface area contributed by atoms with Crippen molar-refractivity contribution in [1.29, 1.82) is 0 Å². The third-order valence-corrected chi connectivity index (χ3v) is 4.08. The van der Waals surface area contributed by atoms with E-state index < -0.39 is 23.4 Å². The van der Waals surface area contributed by atoms with Crippen LogP contribution in [-0.4, -0.2) is 42.9 Å². The molecule has 1 heterocycles. The second-order valence-corrected chi connectivity index (χ2v) is 6.21. The van der Waals surface area contributed by atoms with Gasteiger partial charge in [-0.05, 0) is 50.4 Å². The molecule has 132 valence electrons. The quantitative estimate of drug-likeness (QED) is 0.638. The van der Waals surface area contributed by atoms with Gasteiger partial charge in [-0.25, -0.2) is 8.78 Å². The van der Waals surface area contributed by atoms with Gasteiger partial charge in [0, 0.05) is 13.1 Å². The van der Waals surface area contributed by atoms with Gasteiger partial charge in [-0.15, -0.1) is 0 Å². The summed E-state index contributed by atoms with van der Waals surface area (Å²) in [6.07, 6.45) is 3.18. The number of nitrogens with zero attached hydrogens (tertiary/aromatic N) is 1. The topological polar surface area (TPSA) is 61.4 Å². The summed E-state index contributed by atoms with van der Waals surface area (Å²) in [5, 5.41) is 4.56. The highest BCUT2D eigenvalue weighted by Crippen LogP contribution is 2.16. The number of rotatable bonds is 5. The van der Waals surface area contributed by atoms with E-state index in [-0.39, 0.29) is 5.69 Å². The Balaban J connectivity index is 1.70. The third-order valence-electron chi connectivity index (χ3n) is 4.08. The van der Waals surface area contributed by atoms with E-state index in [2.05, 4.69) is 22.5 Å². The maximum Gasteiger partial charge on any atom is 0.313 e. The number of benzene rings is 1. The van der Waals surface area contributed by atoms with Crippen LogP contribution in [0.1, 0.15) is 26.2 Å². The molecule has 1 unspecified atom stereocenters. The Kier molecular flexibility index (Phi) is 6.66. The van der Waals surface area contributed by atoms with E-state index in [0.717, 1.165) is 32.1 Å². The van der Waals surface area contributed by atoms with E-state index in [1.54, 1.807) is 0 Å². The van der Waals surface area contributed by atoms with Crippen molar-refractivity contribution in [1.82, 2.24) is 10.2 Å². The number of carbonyl (C=O) groups is 2. The first kappa shape index (κ1) is 18.3. The Bertz CT molecular complexity index is 595. The lowest BCUT2D eigenvalue weighted by Gasteiger charge is -2.30. The van der Waals surface area contributed by atoms with Crippen molar-refractivity contribution in [2.45, 2.75) is 26.2 Å². The van der Waals surface area contributed by atoms with Gasteiger partial charge in [0.1, 0.15) is 0 Å². The second kappa shape index (κ2) is 8.73. The van der Waals surface area contributed by atoms with Gasteiger partial charge < -0.3 is 15.5 Å². The van der Waals surface area contributed by atoms with Crippen molar-refractivity contribution in [2.75, 3.05) is 31.5 Å². The maximum atomic E-state index is 13.4. The number of halogens is 2. The monoisotopic (exact) mass is 339 g/mol. The molecule has 1 aliphatic rings. The molecule has 2 rings (SSSR count). The summed E-state index contributed by atoms with van der Waals surface area (Å²) in [7, 11) is 0. The van der Waals surface area contributed by atoms with Crippen molar-refractivity contribution in [2.24, 2.45) is 5.92 Å². The summed E-state index contributed by atoms with van der Waals surface area (Å²) < 4.78 is 26.5. The minimum absolute atomic E-state index is 0.350. The fourth-order valence-corrected chi connectivity index (χ4v) is 2.85. The number of hydrogen-bond acceptors (Lipinski definition) is 3. The number of amides is 2. The lowest BCUT2D eigenvalue weighted by atomic mass is 10.0. The van der Waals surface area contributed by atoms with Crippen LogP contribution in [0.3, 0.4) is 0 Å². The van der Waals surface area contributed by atoms with Crippen LogP contribution in [0.4, 0.5) is 14.5 Å². The average Bonchev–Trinajstić information content (AvgIpc) is 2.55. The van der Waals surface area contributed by atoms with Gasteiger partial charge in [0.2, 0.25) is 0 Å². The summed E-state index contributed by atoms with van der Waals surface area (Å²) >= 11 is 0. The number of nitrogens with one attached hydrogen (secondary N) is 2. The molecule has 1 atom stereocenters. The lowest BCUT2D eigenvalue weighted by Crippen LogP contribution is -2.39. The molecule has 0 radical (unpaired) electrons. The number of piperidine rings is 1. The van der Waals surface area contributed by atoms with Crippen molar-refractivity contribution in [3.63, 3.8) is 0 Å². The molecule has 2 amide bonds. The highest BCUT2D eigenvalue weighted by atomic mass is 19.2. The van der Waals surface area contributed by atoms with Gasteiger partial charge >= 0.3 is 11.8 Å². The SMILES string of the molecule is CC1CCCN(CCCNC(=O)C(=O)Nc2cccc(F)c2F)C1. The van der Waals surface area contributed by atoms with E-state index in [9.17, 15) is 18.4 Å². The largest absolute Gasteiger partial charge is 0.348 e. The van der Waals surface area contributed by atoms with Crippen molar-refractivity contribution in [3.8, 4) is 0 Å². The fraction of sp³-hybridized carbons (Fsp3) is 0.529. The lowest BCUT2D eigenvalue weighted by molar-refractivity contribution is -0.136. The molecule has 0 spiro atoms. The molecule has 2 N–H and O–H groups in total. The number of likely N-dealkylation sites (tertiary alicyclic amines) is 1. The molecule has 0 bridgehead atoms. The van der Waals surface area contributed by atoms with Crippen LogP contribution < -0.4 is 10.6 Å². The van der Waals surface area contributed by atoms with Crippen LogP contribution in [-0.2, 0) is 9.59 Å². The van der Waals surface area contributed by atoms with Crippen LogP contribution in [0.5, 0.6) is 0 Å². The summed E-state index contributed by atoms with van der Waals surface area (Å²) in [4.78, 5) is 25.7. The zero-order valence-electron chi connectivity index (χ0n) is 13.8. The van der Waals surface area contributed by atoms with E-state index in [0.29, 0.717) is 12.5 Å². The molecule has 0 aromatic heterocycles. The van der Waals surface area contributed by atoms with Gasteiger partial charge in [0.05, 0.1) is 5.69 Å². The van der Waals surface area contributed by atoms with Gasteiger partial charge in [-0.2, -0.15) is 0 Å². The Morgan fingerprint density at radius 3 is 2.83 bits per heavy atom. The molecule has 24 heavy (non-hydrogen) atoms. The molecular weight excluding hydrogens is 316 g/mol. The summed E-state index contributed by atoms with van der Waals surface area (Å²) in [5.41, 5.74) is -0.350. The number of hydrogen-bond donors (Lipinski definition) is 2. The Hall–Kier alpha value is -2.02. The molecule has 1 aromatic rings. The summed E-state index contributed by atoms with van der Waals surface area (Å²) in [6, 6.07) is 3.39. The van der Waals surface area contributed by atoms with E-state index in [4.69, 9.17) is 0 Å². The highest BCUT2D eigenvalue weighted by molar-refractivity contribution is 6.39. The second-order valence-electron chi connectivity index (χ2n) is 6.21. The predicted octanol–water partition coefficient (Wildman–Crippen LogP) is 2.14. The first-order chi connectivity index (χ1) is 11.5. The van der Waals surface area contributed by atoms with Gasteiger partial charge in [0.15, 0.2) is 11.6 Å². The van der Waals surface area contributed by atoms with E-state index in [1.807, 2.05) is 0 Å². The average molecular weight is 339 g/mol. The number of anilines is 1. The van der Waals surface area contributed by atoms with Crippen LogP contribution in [0.2, 0.25) is 0 Å². The first-order valence-electron chi connectivity index (χ1n) is 8.23. The van der Waals surface area contributed by atoms with Gasteiger partial charge in [-0.1, -0.05) is 13.0 Å². The summed E-state index contributed by atoms with van der Waals surface area (Å²) in [5.74, 6) is -3.43. The molecule has 5 nitrogen and oxygen atoms in total. The molecule has 0 aliphatic carbocycles. The Labute approximate surface area is 140 Å². The zero-order valence-corrected chi connectivity index (χ0v) is 13.8. The molecule has 1 aliphatic heterocycles. The van der Waals surface area contributed by atoms with E-state index in [1.165, 1.54) is 25.0 Å². The summed E-state index contributed by atoms with van der Waals surface area (Å²) in [6.45, 7) is 5.59. The van der Waals surface area contributed by atoms with Crippen LogP contribution >= 0.6 is 0 Å². The Morgan fingerprint density at radius 1 is 1.29 bits per heavy atom. The normalized spacial score (nSPS) is 18.2. The van der Waals surface area contributed by atoms with E-state index >= 15 is 0 Å². The van der Waals surface area contributed by atoms with Crippen LogP contribution in [0.25, 0.3) is 0 Å². The van der Waals surface area contributed by atoms with Gasteiger partial charge in [-0.3, -0.25) is 9.59 Å². The maximum absolute atomic E-state index is 13.4. The Morgan fingerprint density at radius 2 is 2.08 bits per heavy atom. The predicted molar refractivity (Wildman–Crippen MR) is 87.5 cm³/mol. The smallest absolute Gasteiger partial charge is 0.313 e. The van der Waals surface area contributed by atoms with Crippen LogP contribution in [0, 0.1) is 17.6 Å². The molecule has 1 aromatic carbocycles. The number of carbonyl (C=O) groups excluding carboxylic acids is 2. The molecule has 0 saturated carbocycles. The molecule has 1 fully saturated rings. The molecule has 1 saturated heterocycles. The third kappa shape index (κ3) is 5.26. The van der Waals surface area contributed by atoms with Crippen molar-refractivity contribution in [3.05, 3.63) is 29.8 Å². The van der Waals surface area contributed by atoms with Crippen molar-refractivity contribution < 1.29 is 18.4 Å². The molecular formula is C17H23F2N3O2. The minimum Gasteiger partial charge on any atom is -0.348 e. The zero-order chi connectivity index (χ0) is 17.5. The fourth-order valence-electron chi connectivity index (χ4n) is 2.85. The van der Waals surface area contributed by atoms with Gasteiger partial charge in [0.25, 0.3) is 0 Å². The van der Waals surface area contributed by atoms with Crippen molar-refractivity contribution >= 4 is 17.5 Å².